The molecule has 3 rings (SSSR count). The lowest BCUT2D eigenvalue weighted by atomic mass is 10.2. The summed E-state index contributed by atoms with van der Waals surface area (Å²) in [5.74, 6) is -0.162. The van der Waals surface area contributed by atoms with Crippen LogP contribution in [0.25, 0.3) is 0 Å². The number of ether oxygens (including phenoxy) is 1. The molecule has 0 saturated carbocycles. The standard InChI is InChI=1S/C16H22N6O4S2/c1-11(22-15(17)19-20-16(22)27-2)14(23)18-12-3-5-13(6-4-12)28(24,25)21-7-9-26-10-8-21/h3-6,11H,7-10H2,1-2H3,(H2,17,19)(H,18,23). The van der Waals surface area contributed by atoms with Gasteiger partial charge in [0.1, 0.15) is 6.04 Å². The second kappa shape index (κ2) is 8.47. The third-order valence-electron chi connectivity index (χ3n) is 4.37. The van der Waals surface area contributed by atoms with E-state index in [1.165, 1.54) is 32.8 Å². The van der Waals surface area contributed by atoms with Crippen LogP contribution in [0.2, 0.25) is 0 Å². The number of nitrogen functional groups attached to an aromatic ring is 1. The predicted octanol–water partition coefficient (Wildman–Crippen LogP) is 0.803. The molecule has 1 aromatic carbocycles. The Bertz CT molecular complexity index is 939. The van der Waals surface area contributed by atoms with Gasteiger partial charge in [-0.1, -0.05) is 11.8 Å². The molecule has 28 heavy (non-hydrogen) atoms. The van der Waals surface area contributed by atoms with E-state index in [0.29, 0.717) is 37.1 Å². The Kier molecular flexibility index (Phi) is 6.23. The van der Waals surface area contributed by atoms with Crippen LogP contribution in [0.3, 0.4) is 0 Å². The largest absolute Gasteiger partial charge is 0.379 e. The van der Waals surface area contributed by atoms with Crippen molar-refractivity contribution in [3.05, 3.63) is 24.3 Å². The zero-order chi connectivity index (χ0) is 20.3. The van der Waals surface area contributed by atoms with E-state index in [4.69, 9.17) is 10.5 Å². The van der Waals surface area contributed by atoms with Crippen LogP contribution in [0.15, 0.2) is 34.3 Å². The van der Waals surface area contributed by atoms with Gasteiger partial charge in [-0.3, -0.25) is 9.36 Å². The van der Waals surface area contributed by atoms with E-state index in [1.807, 2.05) is 6.26 Å². The van der Waals surface area contributed by atoms with Crippen LogP contribution < -0.4 is 11.1 Å². The first kappa shape index (κ1) is 20.6. The first-order valence-corrected chi connectivity index (χ1v) is 11.2. The van der Waals surface area contributed by atoms with Gasteiger partial charge in [-0.2, -0.15) is 4.31 Å². The average molecular weight is 427 g/mol. The van der Waals surface area contributed by atoms with Crippen LogP contribution in [0.4, 0.5) is 11.6 Å². The number of thioether (sulfide) groups is 1. The van der Waals surface area contributed by atoms with Crippen molar-refractivity contribution in [3.8, 4) is 0 Å². The highest BCUT2D eigenvalue weighted by atomic mass is 32.2. The number of benzene rings is 1. The summed E-state index contributed by atoms with van der Waals surface area (Å²) in [6, 6.07) is 5.44. The Balaban J connectivity index is 1.71. The predicted molar refractivity (Wildman–Crippen MR) is 106 cm³/mol. The molecular formula is C16H22N6O4S2. The third-order valence-corrected chi connectivity index (χ3v) is 6.93. The van der Waals surface area contributed by atoms with E-state index in [9.17, 15) is 13.2 Å². The molecule has 152 valence electrons. The van der Waals surface area contributed by atoms with Gasteiger partial charge in [0.25, 0.3) is 0 Å². The lowest BCUT2D eigenvalue weighted by Gasteiger charge is -2.26. The number of sulfonamides is 1. The number of morpholine rings is 1. The zero-order valence-electron chi connectivity index (χ0n) is 15.5. The molecule has 1 saturated heterocycles. The number of nitrogens with zero attached hydrogens (tertiary/aromatic N) is 4. The van der Waals surface area contributed by atoms with Crippen LogP contribution in [0.5, 0.6) is 0 Å². The third kappa shape index (κ3) is 4.14. The highest BCUT2D eigenvalue weighted by molar-refractivity contribution is 7.98. The van der Waals surface area contributed by atoms with Crippen molar-refractivity contribution in [1.29, 1.82) is 0 Å². The van der Waals surface area contributed by atoms with E-state index in [-0.39, 0.29) is 16.8 Å². The summed E-state index contributed by atoms with van der Waals surface area (Å²) < 4.78 is 33.4. The van der Waals surface area contributed by atoms with Crippen molar-refractivity contribution in [2.45, 2.75) is 23.0 Å². The summed E-state index contributed by atoms with van der Waals surface area (Å²) in [5.41, 5.74) is 6.29. The number of nitrogens with one attached hydrogen (secondary N) is 1. The smallest absolute Gasteiger partial charge is 0.247 e. The Hall–Kier alpha value is -2.15. The average Bonchev–Trinajstić information content (AvgIpc) is 3.09. The van der Waals surface area contributed by atoms with Crippen molar-refractivity contribution in [3.63, 3.8) is 0 Å². The summed E-state index contributed by atoms with van der Waals surface area (Å²) in [5, 5.41) is 11.0. The van der Waals surface area contributed by atoms with E-state index < -0.39 is 16.1 Å². The Morgan fingerprint density at radius 3 is 2.50 bits per heavy atom. The SMILES string of the molecule is CSc1nnc(N)n1C(C)C(=O)Nc1ccc(S(=O)(=O)N2CCOCC2)cc1. The molecule has 1 amide bonds. The first-order valence-electron chi connectivity index (χ1n) is 8.58. The van der Waals surface area contributed by atoms with Crippen molar-refractivity contribution >= 4 is 39.3 Å². The minimum absolute atomic E-state index is 0.152. The quantitative estimate of drug-likeness (QED) is 0.648. The molecule has 0 aliphatic carbocycles. The number of rotatable bonds is 6. The number of hydrogen-bond acceptors (Lipinski definition) is 8. The van der Waals surface area contributed by atoms with Gasteiger partial charge in [0.05, 0.1) is 18.1 Å². The molecule has 10 nitrogen and oxygen atoms in total. The minimum atomic E-state index is -3.57. The normalized spacial score (nSPS) is 16.6. The summed E-state index contributed by atoms with van der Waals surface area (Å²) >= 11 is 1.34. The highest BCUT2D eigenvalue weighted by Gasteiger charge is 2.26. The first-order chi connectivity index (χ1) is 13.3. The molecule has 1 aliphatic heterocycles. The fourth-order valence-corrected chi connectivity index (χ4v) is 4.78. The number of aromatic nitrogens is 3. The maximum Gasteiger partial charge on any atom is 0.247 e. The number of anilines is 2. The van der Waals surface area contributed by atoms with Crippen molar-refractivity contribution in [2.75, 3.05) is 43.6 Å². The molecule has 12 heteroatoms. The number of nitrogens with two attached hydrogens (primary N) is 1. The van der Waals surface area contributed by atoms with Crippen molar-refractivity contribution in [2.24, 2.45) is 0 Å². The maximum atomic E-state index is 12.6. The topological polar surface area (TPSA) is 132 Å². The Morgan fingerprint density at radius 2 is 1.89 bits per heavy atom. The van der Waals surface area contributed by atoms with E-state index in [1.54, 1.807) is 19.1 Å². The molecular weight excluding hydrogens is 404 g/mol. The highest BCUT2D eigenvalue weighted by Crippen LogP contribution is 2.23. The van der Waals surface area contributed by atoms with Gasteiger partial charge in [-0.15, -0.1) is 10.2 Å². The van der Waals surface area contributed by atoms with E-state index in [0.717, 1.165) is 0 Å². The Labute approximate surface area is 167 Å². The molecule has 1 unspecified atom stereocenters. The molecule has 3 N–H and O–H groups in total. The fraction of sp³-hybridized carbons (Fsp3) is 0.438. The van der Waals surface area contributed by atoms with E-state index in [2.05, 4.69) is 15.5 Å². The van der Waals surface area contributed by atoms with Crippen LogP contribution in [-0.2, 0) is 19.6 Å². The van der Waals surface area contributed by atoms with Gasteiger partial charge in [-0.05, 0) is 37.4 Å². The zero-order valence-corrected chi connectivity index (χ0v) is 17.2. The van der Waals surface area contributed by atoms with Crippen molar-refractivity contribution < 1.29 is 17.9 Å². The number of carbonyl (C=O) groups is 1. The summed E-state index contributed by atoms with van der Waals surface area (Å²) in [7, 11) is -3.57. The van der Waals surface area contributed by atoms with Crippen molar-refractivity contribution in [1.82, 2.24) is 19.1 Å². The number of hydrogen-bond donors (Lipinski definition) is 2. The molecule has 1 aromatic heterocycles. The van der Waals surface area contributed by atoms with Crippen LogP contribution in [-0.4, -0.2) is 66.0 Å². The van der Waals surface area contributed by atoms with Crippen LogP contribution in [0.1, 0.15) is 13.0 Å². The summed E-state index contributed by atoms with van der Waals surface area (Å²) in [6.45, 7) is 3.12. The van der Waals surface area contributed by atoms with Gasteiger partial charge < -0.3 is 15.8 Å². The molecule has 0 spiro atoms. The van der Waals surface area contributed by atoms with Crippen LogP contribution in [0, 0.1) is 0 Å². The van der Waals surface area contributed by atoms with Gasteiger partial charge in [-0.25, -0.2) is 8.42 Å². The monoisotopic (exact) mass is 426 g/mol. The van der Waals surface area contributed by atoms with E-state index >= 15 is 0 Å². The molecule has 2 aromatic rings. The second-order valence-electron chi connectivity index (χ2n) is 6.12. The minimum Gasteiger partial charge on any atom is -0.379 e. The molecule has 2 heterocycles. The second-order valence-corrected chi connectivity index (χ2v) is 8.83. The number of carbonyl (C=O) groups excluding carboxylic acids is 1. The molecule has 0 bridgehead atoms. The van der Waals surface area contributed by atoms with Crippen LogP contribution >= 0.6 is 11.8 Å². The summed E-state index contributed by atoms with van der Waals surface area (Å²) in [4.78, 5) is 12.7. The molecule has 1 atom stereocenters. The molecule has 0 radical (unpaired) electrons. The van der Waals surface area contributed by atoms with Gasteiger partial charge in [0, 0.05) is 18.8 Å². The lowest BCUT2D eigenvalue weighted by molar-refractivity contribution is -0.118. The van der Waals surface area contributed by atoms with Gasteiger partial charge in [0.2, 0.25) is 21.9 Å². The molecule has 1 fully saturated rings. The maximum absolute atomic E-state index is 12.6. The van der Waals surface area contributed by atoms with Gasteiger partial charge in [0.15, 0.2) is 5.16 Å². The summed E-state index contributed by atoms with van der Waals surface area (Å²) in [6.07, 6.45) is 1.82. The number of amides is 1. The fourth-order valence-electron chi connectivity index (χ4n) is 2.80. The Morgan fingerprint density at radius 1 is 1.25 bits per heavy atom. The molecule has 1 aliphatic rings. The van der Waals surface area contributed by atoms with Gasteiger partial charge >= 0.3 is 0 Å². The lowest BCUT2D eigenvalue weighted by Crippen LogP contribution is -2.40.